The van der Waals surface area contributed by atoms with Crippen LogP contribution in [0.3, 0.4) is 0 Å². The number of rotatable bonds is 5. The summed E-state index contributed by atoms with van der Waals surface area (Å²) in [7, 11) is 0. The summed E-state index contributed by atoms with van der Waals surface area (Å²) in [6, 6.07) is 16.6. The van der Waals surface area contributed by atoms with Crippen LogP contribution in [-0.4, -0.2) is 29.6 Å². The van der Waals surface area contributed by atoms with Crippen LogP contribution in [0.4, 0.5) is 0 Å². The van der Waals surface area contributed by atoms with Gasteiger partial charge in [-0.2, -0.15) is 0 Å². The Bertz CT molecular complexity index is 673. The molecule has 0 bridgehead atoms. The van der Waals surface area contributed by atoms with Crippen LogP contribution in [0, 0.1) is 0 Å². The van der Waals surface area contributed by atoms with Crippen LogP contribution < -0.4 is 0 Å². The Kier molecular flexibility index (Phi) is 6.32. The second-order valence-corrected chi connectivity index (χ2v) is 8.19. The number of halogens is 1. The summed E-state index contributed by atoms with van der Waals surface area (Å²) in [5.74, 6) is 0. The quantitative estimate of drug-likeness (QED) is 0.705. The third-order valence-corrected chi connectivity index (χ3v) is 6.00. The van der Waals surface area contributed by atoms with Crippen molar-refractivity contribution in [3.8, 4) is 11.1 Å². The molecule has 2 aromatic carbocycles. The van der Waals surface area contributed by atoms with E-state index in [-0.39, 0.29) is 0 Å². The number of hydrogen-bond acceptors (Lipinski definition) is 2. The molecule has 1 heterocycles. The van der Waals surface area contributed by atoms with E-state index in [1.807, 2.05) is 19.1 Å². The molecular weight excluding hydrogens is 374 g/mol. The Morgan fingerprint density at radius 3 is 2.24 bits per heavy atom. The molecule has 1 aliphatic heterocycles. The molecule has 0 aliphatic carbocycles. The monoisotopic (exact) mass is 401 g/mol. The smallest absolute Gasteiger partial charge is 0.0880 e. The molecule has 25 heavy (non-hydrogen) atoms. The minimum absolute atomic E-state index is 0.779. The first-order valence-electron chi connectivity index (χ1n) is 9.36. The summed E-state index contributed by atoms with van der Waals surface area (Å²) in [5.41, 5.74) is 2.56. The number of likely N-dealkylation sites (tertiary alicyclic amines) is 1. The van der Waals surface area contributed by atoms with Gasteiger partial charge in [-0.1, -0.05) is 71.2 Å². The van der Waals surface area contributed by atoms with Gasteiger partial charge in [-0.25, -0.2) is 0 Å². The van der Waals surface area contributed by atoms with E-state index in [1.165, 1.54) is 49.9 Å². The minimum atomic E-state index is -0.779. The van der Waals surface area contributed by atoms with Crippen molar-refractivity contribution < 1.29 is 5.11 Å². The topological polar surface area (TPSA) is 23.5 Å². The van der Waals surface area contributed by atoms with Crippen molar-refractivity contribution in [1.29, 1.82) is 0 Å². The van der Waals surface area contributed by atoms with E-state index < -0.39 is 5.60 Å². The van der Waals surface area contributed by atoms with Crippen molar-refractivity contribution in [2.24, 2.45) is 0 Å². The Morgan fingerprint density at radius 2 is 1.60 bits per heavy atom. The zero-order chi connectivity index (χ0) is 17.7. The lowest BCUT2D eigenvalue weighted by Gasteiger charge is -2.28. The zero-order valence-electron chi connectivity index (χ0n) is 15.0. The summed E-state index contributed by atoms with van der Waals surface area (Å²) in [5, 5.41) is 11.0. The summed E-state index contributed by atoms with van der Waals surface area (Å²) in [4.78, 5) is 2.51. The second-order valence-electron chi connectivity index (χ2n) is 7.34. The molecule has 0 radical (unpaired) electrons. The van der Waals surface area contributed by atoms with Crippen molar-refractivity contribution >= 4 is 15.9 Å². The lowest BCUT2D eigenvalue weighted by Crippen LogP contribution is -2.32. The number of hydrogen-bond donors (Lipinski definition) is 1. The lowest BCUT2D eigenvalue weighted by atomic mass is 9.90. The van der Waals surface area contributed by atoms with Crippen molar-refractivity contribution in [2.45, 2.75) is 44.6 Å². The van der Waals surface area contributed by atoms with E-state index in [9.17, 15) is 5.11 Å². The molecule has 0 saturated carbocycles. The lowest BCUT2D eigenvalue weighted by molar-refractivity contribution is 0.0362. The highest BCUT2D eigenvalue weighted by Crippen LogP contribution is 2.31. The minimum Gasteiger partial charge on any atom is -0.385 e. The Hall–Kier alpha value is -1.16. The summed E-state index contributed by atoms with van der Waals surface area (Å²) in [6.45, 7) is 5.27. The van der Waals surface area contributed by atoms with Crippen LogP contribution in [0.2, 0.25) is 0 Å². The fourth-order valence-corrected chi connectivity index (χ4v) is 4.10. The maximum Gasteiger partial charge on any atom is 0.0880 e. The molecule has 0 spiro atoms. The molecule has 1 unspecified atom stereocenters. The van der Waals surface area contributed by atoms with Gasteiger partial charge < -0.3 is 10.0 Å². The average Bonchev–Trinajstić information content (AvgIpc) is 2.89. The highest BCUT2D eigenvalue weighted by molar-refractivity contribution is 9.10. The summed E-state index contributed by atoms with van der Waals surface area (Å²) in [6.07, 6.45) is 6.07. The highest BCUT2D eigenvalue weighted by atomic mass is 79.9. The standard InChI is InChI=1S/C22H28BrNO/c1-22(25,14-17-24-15-6-2-3-7-16-24)19-12-10-18(11-13-19)20-8-4-5-9-21(20)23/h4-5,8-13,25H,2-3,6-7,14-17H2,1H3. The maximum atomic E-state index is 11.0. The van der Waals surface area contributed by atoms with Crippen LogP contribution >= 0.6 is 15.9 Å². The van der Waals surface area contributed by atoms with Crippen LogP contribution in [0.15, 0.2) is 53.0 Å². The summed E-state index contributed by atoms with van der Waals surface area (Å²) < 4.78 is 1.09. The van der Waals surface area contributed by atoms with E-state index in [0.717, 1.165) is 23.0 Å². The Balaban J connectivity index is 1.66. The number of benzene rings is 2. The first-order valence-corrected chi connectivity index (χ1v) is 10.2. The molecule has 0 aromatic heterocycles. The van der Waals surface area contributed by atoms with Gasteiger partial charge in [0, 0.05) is 11.0 Å². The molecule has 1 aliphatic rings. The van der Waals surface area contributed by atoms with Gasteiger partial charge in [0.2, 0.25) is 0 Å². The van der Waals surface area contributed by atoms with E-state index >= 15 is 0 Å². The third kappa shape index (κ3) is 4.93. The predicted octanol–water partition coefficient (Wildman–Crippen LogP) is 5.59. The third-order valence-electron chi connectivity index (χ3n) is 5.31. The van der Waals surface area contributed by atoms with E-state index in [4.69, 9.17) is 0 Å². The van der Waals surface area contributed by atoms with Gasteiger partial charge in [0.15, 0.2) is 0 Å². The molecule has 0 amide bonds. The zero-order valence-corrected chi connectivity index (χ0v) is 16.6. The number of nitrogens with zero attached hydrogens (tertiary/aromatic N) is 1. The van der Waals surface area contributed by atoms with Gasteiger partial charge in [0.1, 0.15) is 0 Å². The van der Waals surface area contributed by atoms with Crippen molar-refractivity contribution in [1.82, 2.24) is 4.90 Å². The Labute approximate surface area is 160 Å². The SMILES string of the molecule is CC(O)(CCN1CCCCCC1)c1ccc(-c2ccccc2Br)cc1. The van der Waals surface area contributed by atoms with Crippen LogP contribution in [0.1, 0.15) is 44.6 Å². The molecule has 2 aromatic rings. The van der Waals surface area contributed by atoms with Gasteiger partial charge in [0.05, 0.1) is 5.60 Å². The van der Waals surface area contributed by atoms with Gasteiger partial charge in [0.25, 0.3) is 0 Å². The highest BCUT2D eigenvalue weighted by Gasteiger charge is 2.24. The molecule has 1 atom stereocenters. The van der Waals surface area contributed by atoms with Crippen molar-refractivity contribution in [3.05, 3.63) is 58.6 Å². The van der Waals surface area contributed by atoms with Crippen LogP contribution in [-0.2, 0) is 5.60 Å². The predicted molar refractivity (Wildman–Crippen MR) is 109 cm³/mol. The molecule has 3 heteroatoms. The molecule has 134 valence electrons. The largest absolute Gasteiger partial charge is 0.385 e. The van der Waals surface area contributed by atoms with E-state index in [1.54, 1.807) is 0 Å². The molecule has 3 rings (SSSR count). The molecule has 2 nitrogen and oxygen atoms in total. The maximum absolute atomic E-state index is 11.0. The fourth-order valence-electron chi connectivity index (χ4n) is 3.58. The van der Waals surface area contributed by atoms with Gasteiger partial charge >= 0.3 is 0 Å². The first-order chi connectivity index (χ1) is 12.1. The van der Waals surface area contributed by atoms with Crippen molar-refractivity contribution in [3.63, 3.8) is 0 Å². The van der Waals surface area contributed by atoms with Gasteiger partial charge in [-0.15, -0.1) is 0 Å². The van der Waals surface area contributed by atoms with Gasteiger partial charge in [-0.3, -0.25) is 0 Å². The number of aliphatic hydroxyl groups is 1. The molecular formula is C22H28BrNO. The van der Waals surface area contributed by atoms with E-state index in [0.29, 0.717) is 0 Å². The second kappa shape index (κ2) is 8.48. The van der Waals surface area contributed by atoms with Crippen LogP contribution in [0.25, 0.3) is 11.1 Å². The van der Waals surface area contributed by atoms with E-state index in [2.05, 4.69) is 57.2 Å². The molecule has 1 fully saturated rings. The van der Waals surface area contributed by atoms with Crippen LogP contribution in [0.5, 0.6) is 0 Å². The van der Waals surface area contributed by atoms with Gasteiger partial charge in [-0.05, 0) is 62.0 Å². The average molecular weight is 402 g/mol. The normalized spacial score (nSPS) is 18.5. The molecule has 1 saturated heterocycles. The Morgan fingerprint density at radius 1 is 0.960 bits per heavy atom. The summed E-state index contributed by atoms with van der Waals surface area (Å²) >= 11 is 3.61. The fraction of sp³-hybridized carbons (Fsp3) is 0.455. The first kappa shape index (κ1) is 18.6. The molecule has 1 N–H and O–H groups in total. The van der Waals surface area contributed by atoms with Crippen molar-refractivity contribution in [2.75, 3.05) is 19.6 Å².